The van der Waals surface area contributed by atoms with E-state index in [1.54, 1.807) is 13.2 Å². The Morgan fingerprint density at radius 2 is 2.16 bits per heavy atom. The number of aromatic nitrogens is 2. The van der Waals surface area contributed by atoms with Crippen LogP contribution in [0.5, 0.6) is 5.75 Å². The molecule has 2 N–H and O–H groups in total. The number of para-hydroxylation sites is 1. The molecule has 0 aliphatic rings. The number of aryl methyl sites for hydroxylation is 1. The standard InChI is InChI=1S/C14H15N3O2/c1-8-13(11-7-12(15)16-19-11)9-5-4-6-10(18-3)14(9)17(8)2/h4-7H,1-3H3,(H2,15,16). The highest BCUT2D eigenvalue weighted by molar-refractivity contribution is 5.99. The van der Waals surface area contributed by atoms with Gasteiger partial charge in [0.15, 0.2) is 11.6 Å². The normalized spacial score (nSPS) is 11.1. The van der Waals surface area contributed by atoms with Gasteiger partial charge in [0.1, 0.15) is 5.75 Å². The van der Waals surface area contributed by atoms with Crippen molar-refractivity contribution in [2.24, 2.45) is 7.05 Å². The molecular formula is C14H15N3O2. The zero-order valence-electron chi connectivity index (χ0n) is 11.1. The van der Waals surface area contributed by atoms with Crippen molar-refractivity contribution in [2.45, 2.75) is 6.92 Å². The monoisotopic (exact) mass is 257 g/mol. The number of ether oxygens (including phenoxy) is 1. The van der Waals surface area contributed by atoms with E-state index in [-0.39, 0.29) is 0 Å². The molecule has 0 aliphatic carbocycles. The third-order valence-corrected chi connectivity index (χ3v) is 3.46. The van der Waals surface area contributed by atoms with E-state index in [1.165, 1.54) is 0 Å². The Hall–Kier alpha value is -2.43. The largest absolute Gasteiger partial charge is 0.495 e. The SMILES string of the molecule is COc1cccc2c(-c3cc(N)no3)c(C)n(C)c12. The third kappa shape index (κ3) is 1.58. The first-order valence-corrected chi connectivity index (χ1v) is 5.98. The van der Waals surface area contributed by atoms with E-state index in [9.17, 15) is 0 Å². The summed E-state index contributed by atoms with van der Waals surface area (Å²) in [5.74, 6) is 1.89. The topological polar surface area (TPSA) is 66.2 Å². The molecule has 0 atom stereocenters. The number of hydrogen-bond donors (Lipinski definition) is 1. The summed E-state index contributed by atoms with van der Waals surface area (Å²) in [7, 11) is 3.67. The molecule has 2 heterocycles. The van der Waals surface area contributed by atoms with Crippen LogP contribution in [0.25, 0.3) is 22.2 Å². The van der Waals surface area contributed by atoms with E-state index < -0.39 is 0 Å². The number of nitrogens with two attached hydrogens (primary N) is 1. The van der Waals surface area contributed by atoms with Gasteiger partial charge in [-0.3, -0.25) is 0 Å². The van der Waals surface area contributed by atoms with Gasteiger partial charge in [-0.1, -0.05) is 17.3 Å². The van der Waals surface area contributed by atoms with Gasteiger partial charge in [0.25, 0.3) is 0 Å². The lowest BCUT2D eigenvalue weighted by Crippen LogP contribution is -1.93. The molecule has 0 saturated heterocycles. The van der Waals surface area contributed by atoms with Crippen LogP contribution in [-0.4, -0.2) is 16.8 Å². The van der Waals surface area contributed by atoms with Crippen LogP contribution >= 0.6 is 0 Å². The minimum absolute atomic E-state index is 0.384. The number of benzene rings is 1. The Labute approximate surface area is 110 Å². The molecule has 0 fully saturated rings. The summed E-state index contributed by atoms with van der Waals surface area (Å²) in [4.78, 5) is 0. The van der Waals surface area contributed by atoms with Crippen LogP contribution in [-0.2, 0) is 7.05 Å². The molecule has 3 rings (SSSR count). The Morgan fingerprint density at radius 1 is 1.37 bits per heavy atom. The Balaban J connectivity index is 2.40. The van der Waals surface area contributed by atoms with Crippen molar-refractivity contribution in [3.63, 3.8) is 0 Å². The number of anilines is 1. The molecule has 0 aliphatic heterocycles. The summed E-state index contributed by atoms with van der Waals surface area (Å²) in [5, 5.41) is 4.82. The molecule has 1 aromatic carbocycles. The zero-order chi connectivity index (χ0) is 13.6. The molecule has 98 valence electrons. The van der Waals surface area contributed by atoms with E-state index in [1.807, 2.05) is 32.2 Å². The number of hydrogen-bond acceptors (Lipinski definition) is 4. The average molecular weight is 257 g/mol. The van der Waals surface area contributed by atoms with Crippen LogP contribution in [0.3, 0.4) is 0 Å². The second-order valence-electron chi connectivity index (χ2n) is 4.49. The first kappa shape index (κ1) is 11.6. The fraction of sp³-hybridized carbons (Fsp3) is 0.214. The van der Waals surface area contributed by atoms with E-state index in [4.69, 9.17) is 15.0 Å². The van der Waals surface area contributed by atoms with Gasteiger partial charge in [-0.2, -0.15) is 0 Å². The van der Waals surface area contributed by atoms with Crippen LogP contribution in [0.4, 0.5) is 5.82 Å². The summed E-state index contributed by atoms with van der Waals surface area (Å²) in [6.07, 6.45) is 0. The summed E-state index contributed by atoms with van der Waals surface area (Å²) >= 11 is 0. The minimum atomic E-state index is 0.384. The first-order valence-electron chi connectivity index (χ1n) is 5.98. The first-order chi connectivity index (χ1) is 9.13. The van der Waals surface area contributed by atoms with Gasteiger partial charge in [0.2, 0.25) is 0 Å². The van der Waals surface area contributed by atoms with E-state index in [0.717, 1.165) is 27.9 Å². The second-order valence-corrected chi connectivity index (χ2v) is 4.49. The van der Waals surface area contributed by atoms with Gasteiger partial charge in [-0.25, -0.2) is 0 Å². The molecule has 0 spiro atoms. The molecular weight excluding hydrogens is 242 g/mol. The Bertz CT molecular complexity index is 755. The van der Waals surface area contributed by atoms with E-state index >= 15 is 0 Å². The van der Waals surface area contributed by atoms with Crippen molar-refractivity contribution in [3.05, 3.63) is 30.0 Å². The van der Waals surface area contributed by atoms with Crippen LogP contribution in [0.15, 0.2) is 28.8 Å². The number of nitrogens with zero attached hydrogens (tertiary/aromatic N) is 2. The van der Waals surface area contributed by atoms with Crippen LogP contribution in [0.1, 0.15) is 5.69 Å². The predicted octanol–water partition coefficient (Wildman–Crippen LogP) is 2.73. The van der Waals surface area contributed by atoms with E-state index in [0.29, 0.717) is 11.6 Å². The highest BCUT2D eigenvalue weighted by Gasteiger charge is 2.19. The van der Waals surface area contributed by atoms with Crippen LogP contribution < -0.4 is 10.5 Å². The third-order valence-electron chi connectivity index (χ3n) is 3.46. The molecule has 0 unspecified atom stereocenters. The molecule has 3 aromatic rings. The lowest BCUT2D eigenvalue weighted by Gasteiger charge is -2.04. The van der Waals surface area contributed by atoms with Crippen molar-refractivity contribution in [2.75, 3.05) is 12.8 Å². The van der Waals surface area contributed by atoms with Gasteiger partial charge >= 0.3 is 0 Å². The second kappa shape index (κ2) is 4.05. The highest BCUT2D eigenvalue weighted by Crippen LogP contribution is 2.38. The zero-order valence-corrected chi connectivity index (χ0v) is 11.1. The molecule has 5 heteroatoms. The summed E-state index contributed by atoms with van der Waals surface area (Å²) in [6.45, 7) is 2.04. The summed E-state index contributed by atoms with van der Waals surface area (Å²) in [6, 6.07) is 7.68. The van der Waals surface area contributed by atoms with Gasteiger partial charge in [0, 0.05) is 29.8 Å². The number of nitrogen functional groups attached to an aromatic ring is 1. The molecule has 19 heavy (non-hydrogen) atoms. The van der Waals surface area contributed by atoms with Crippen molar-refractivity contribution in [3.8, 4) is 17.1 Å². The fourth-order valence-corrected chi connectivity index (χ4v) is 2.48. The molecule has 0 radical (unpaired) electrons. The van der Waals surface area contributed by atoms with Crippen LogP contribution in [0.2, 0.25) is 0 Å². The maximum absolute atomic E-state index is 5.64. The van der Waals surface area contributed by atoms with Gasteiger partial charge < -0.3 is 19.6 Å². The molecule has 0 saturated carbocycles. The summed E-state index contributed by atoms with van der Waals surface area (Å²) < 4.78 is 12.8. The lowest BCUT2D eigenvalue weighted by molar-refractivity contribution is 0.418. The molecule has 0 bridgehead atoms. The minimum Gasteiger partial charge on any atom is -0.495 e. The quantitative estimate of drug-likeness (QED) is 0.766. The Morgan fingerprint density at radius 3 is 2.79 bits per heavy atom. The van der Waals surface area contributed by atoms with Crippen molar-refractivity contribution < 1.29 is 9.26 Å². The predicted molar refractivity (Wildman–Crippen MR) is 74.1 cm³/mol. The van der Waals surface area contributed by atoms with Crippen molar-refractivity contribution >= 4 is 16.7 Å². The smallest absolute Gasteiger partial charge is 0.171 e. The van der Waals surface area contributed by atoms with Gasteiger partial charge in [-0.05, 0) is 13.0 Å². The maximum Gasteiger partial charge on any atom is 0.171 e. The Kier molecular flexibility index (Phi) is 2.48. The fourth-order valence-electron chi connectivity index (χ4n) is 2.48. The number of fused-ring (bicyclic) bond motifs is 1. The molecule has 5 nitrogen and oxygen atoms in total. The maximum atomic E-state index is 5.64. The number of rotatable bonds is 2. The molecule has 2 aromatic heterocycles. The van der Waals surface area contributed by atoms with Crippen molar-refractivity contribution in [1.82, 2.24) is 9.72 Å². The number of methoxy groups -OCH3 is 1. The highest BCUT2D eigenvalue weighted by atomic mass is 16.5. The van der Waals surface area contributed by atoms with Gasteiger partial charge in [0.05, 0.1) is 12.6 Å². The lowest BCUT2D eigenvalue weighted by atomic mass is 10.1. The summed E-state index contributed by atoms with van der Waals surface area (Å²) in [5.41, 5.74) is 8.75. The average Bonchev–Trinajstić information content (AvgIpc) is 2.93. The molecule has 0 amide bonds. The van der Waals surface area contributed by atoms with Gasteiger partial charge in [-0.15, -0.1) is 0 Å². The van der Waals surface area contributed by atoms with Crippen molar-refractivity contribution in [1.29, 1.82) is 0 Å². The van der Waals surface area contributed by atoms with E-state index in [2.05, 4.69) is 9.72 Å². The van der Waals surface area contributed by atoms with Crippen LogP contribution in [0, 0.1) is 6.92 Å².